The van der Waals surface area contributed by atoms with Crippen LogP contribution in [0.25, 0.3) is 11.1 Å². The summed E-state index contributed by atoms with van der Waals surface area (Å²) in [5.41, 5.74) is 1.38. The van der Waals surface area contributed by atoms with E-state index in [2.05, 4.69) is 15.9 Å². The lowest BCUT2D eigenvalue weighted by atomic mass is 10.3. The summed E-state index contributed by atoms with van der Waals surface area (Å²) in [4.78, 5) is 11.8. The van der Waals surface area contributed by atoms with Crippen LogP contribution in [0.3, 0.4) is 0 Å². The van der Waals surface area contributed by atoms with Gasteiger partial charge in [-0.1, -0.05) is 24.3 Å². The SMILES string of the molecule is O=c1oc2ccccc2n1CCOc1ccccc1Br. The fraction of sp³-hybridized carbons (Fsp3) is 0.133. The number of para-hydroxylation sites is 3. The van der Waals surface area contributed by atoms with Gasteiger partial charge in [-0.05, 0) is 40.2 Å². The summed E-state index contributed by atoms with van der Waals surface area (Å²) in [6.07, 6.45) is 0. The van der Waals surface area contributed by atoms with Gasteiger partial charge in [0.05, 0.1) is 16.5 Å². The normalized spacial score (nSPS) is 10.8. The van der Waals surface area contributed by atoms with Gasteiger partial charge < -0.3 is 9.15 Å². The van der Waals surface area contributed by atoms with Crippen molar-refractivity contribution >= 4 is 27.0 Å². The lowest BCUT2D eigenvalue weighted by Gasteiger charge is -2.08. The van der Waals surface area contributed by atoms with Crippen LogP contribution in [0.5, 0.6) is 5.75 Å². The van der Waals surface area contributed by atoms with Crippen LogP contribution in [0.15, 0.2) is 62.2 Å². The Morgan fingerprint density at radius 1 is 1.10 bits per heavy atom. The Morgan fingerprint density at radius 2 is 1.85 bits per heavy atom. The number of hydrogen-bond acceptors (Lipinski definition) is 3. The molecule has 0 N–H and O–H groups in total. The highest BCUT2D eigenvalue weighted by molar-refractivity contribution is 9.10. The number of halogens is 1. The Morgan fingerprint density at radius 3 is 2.70 bits per heavy atom. The minimum absolute atomic E-state index is 0.359. The molecule has 5 heteroatoms. The lowest BCUT2D eigenvalue weighted by molar-refractivity contribution is 0.292. The minimum Gasteiger partial charge on any atom is -0.491 e. The highest BCUT2D eigenvalue weighted by Gasteiger charge is 2.08. The second-order valence-corrected chi connectivity index (χ2v) is 5.12. The van der Waals surface area contributed by atoms with Crippen molar-refractivity contribution in [1.29, 1.82) is 0 Å². The first kappa shape index (κ1) is 13.0. The van der Waals surface area contributed by atoms with Gasteiger partial charge in [0, 0.05) is 0 Å². The van der Waals surface area contributed by atoms with Crippen molar-refractivity contribution in [3.05, 3.63) is 63.6 Å². The fourth-order valence-electron chi connectivity index (χ4n) is 2.03. The molecule has 3 aromatic rings. The molecule has 0 aliphatic carbocycles. The molecule has 0 saturated carbocycles. The molecular weight excluding hydrogens is 322 g/mol. The van der Waals surface area contributed by atoms with E-state index >= 15 is 0 Å². The number of fused-ring (bicyclic) bond motifs is 1. The first-order valence-corrected chi connectivity index (χ1v) is 7.01. The molecule has 102 valence electrons. The first-order valence-electron chi connectivity index (χ1n) is 6.21. The van der Waals surface area contributed by atoms with E-state index in [1.165, 1.54) is 0 Å². The molecule has 1 aromatic heterocycles. The summed E-state index contributed by atoms with van der Waals surface area (Å²) in [6.45, 7) is 0.837. The Balaban J connectivity index is 1.76. The maximum atomic E-state index is 11.8. The molecule has 2 aromatic carbocycles. The predicted octanol–water partition coefficient (Wildman–Crippen LogP) is 3.44. The molecular formula is C15H12BrNO3. The van der Waals surface area contributed by atoms with Gasteiger partial charge in [-0.3, -0.25) is 4.57 Å². The van der Waals surface area contributed by atoms with E-state index in [1.54, 1.807) is 10.6 Å². The van der Waals surface area contributed by atoms with Crippen LogP contribution in [-0.4, -0.2) is 11.2 Å². The first-order chi connectivity index (χ1) is 9.75. The maximum absolute atomic E-state index is 11.8. The van der Waals surface area contributed by atoms with E-state index in [-0.39, 0.29) is 5.76 Å². The highest BCUT2D eigenvalue weighted by atomic mass is 79.9. The van der Waals surface area contributed by atoms with Crippen molar-refractivity contribution in [2.45, 2.75) is 6.54 Å². The smallest absolute Gasteiger partial charge is 0.420 e. The average molecular weight is 334 g/mol. The number of hydrogen-bond donors (Lipinski definition) is 0. The van der Waals surface area contributed by atoms with E-state index in [0.717, 1.165) is 15.7 Å². The quantitative estimate of drug-likeness (QED) is 0.734. The van der Waals surface area contributed by atoms with Crippen LogP contribution in [0, 0.1) is 0 Å². The topological polar surface area (TPSA) is 44.4 Å². The summed E-state index contributed by atoms with van der Waals surface area (Å²) in [5, 5.41) is 0. The molecule has 1 heterocycles. The van der Waals surface area contributed by atoms with Crippen molar-refractivity contribution in [2.24, 2.45) is 0 Å². The number of nitrogens with zero attached hydrogens (tertiary/aromatic N) is 1. The van der Waals surface area contributed by atoms with Gasteiger partial charge >= 0.3 is 5.76 Å². The largest absolute Gasteiger partial charge is 0.491 e. The van der Waals surface area contributed by atoms with Crippen molar-refractivity contribution in [1.82, 2.24) is 4.57 Å². The van der Waals surface area contributed by atoms with E-state index in [0.29, 0.717) is 18.7 Å². The summed E-state index contributed by atoms with van der Waals surface area (Å²) < 4.78 is 13.3. The van der Waals surface area contributed by atoms with Crippen LogP contribution in [-0.2, 0) is 6.54 Å². The number of oxazole rings is 1. The third-order valence-corrected chi connectivity index (χ3v) is 3.64. The highest BCUT2D eigenvalue weighted by Crippen LogP contribution is 2.23. The van der Waals surface area contributed by atoms with Crippen molar-refractivity contribution < 1.29 is 9.15 Å². The van der Waals surface area contributed by atoms with Gasteiger partial charge in [-0.25, -0.2) is 4.79 Å². The summed E-state index contributed by atoms with van der Waals surface area (Å²) >= 11 is 3.42. The molecule has 0 amide bonds. The Kier molecular flexibility index (Phi) is 3.60. The van der Waals surface area contributed by atoms with E-state index < -0.39 is 0 Å². The van der Waals surface area contributed by atoms with Crippen LogP contribution in [0.2, 0.25) is 0 Å². The molecule has 0 aliphatic heterocycles. The van der Waals surface area contributed by atoms with E-state index in [4.69, 9.17) is 9.15 Å². The van der Waals surface area contributed by atoms with Crippen molar-refractivity contribution in [3.8, 4) is 5.75 Å². The number of aromatic nitrogens is 1. The van der Waals surface area contributed by atoms with Gasteiger partial charge in [0.2, 0.25) is 0 Å². The summed E-state index contributed by atoms with van der Waals surface area (Å²) in [7, 11) is 0. The molecule has 4 nitrogen and oxygen atoms in total. The Labute approximate surface area is 123 Å². The zero-order valence-corrected chi connectivity index (χ0v) is 12.2. The zero-order valence-electron chi connectivity index (χ0n) is 10.6. The third-order valence-electron chi connectivity index (χ3n) is 2.98. The van der Waals surface area contributed by atoms with Crippen LogP contribution in [0.1, 0.15) is 0 Å². The van der Waals surface area contributed by atoms with Gasteiger partial charge in [-0.15, -0.1) is 0 Å². The molecule has 0 saturated heterocycles. The van der Waals surface area contributed by atoms with Crippen LogP contribution in [0.4, 0.5) is 0 Å². The average Bonchev–Trinajstić information content (AvgIpc) is 2.77. The standard InChI is InChI=1S/C15H12BrNO3/c16-11-5-1-3-7-13(11)19-10-9-17-12-6-2-4-8-14(12)20-15(17)18/h1-8H,9-10H2. The molecule has 3 rings (SSSR count). The third kappa shape index (κ3) is 2.49. The molecule has 0 fully saturated rings. The zero-order chi connectivity index (χ0) is 13.9. The molecule has 0 unspecified atom stereocenters. The van der Waals surface area contributed by atoms with Crippen molar-refractivity contribution in [3.63, 3.8) is 0 Å². The minimum atomic E-state index is -0.359. The van der Waals surface area contributed by atoms with Crippen LogP contribution < -0.4 is 10.5 Å². The second-order valence-electron chi connectivity index (χ2n) is 4.27. The molecule has 0 bridgehead atoms. The van der Waals surface area contributed by atoms with E-state index in [1.807, 2.05) is 42.5 Å². The predicted molar refractivity (Wildman–Crippen MR) is 80.1 cm³/mol. The monoisotopic (exact) mass is 333 g/mol. The molecule has 0 spiro atoms. The lowest BCUT2D eigenvalue weighted by Crippen LogP contribution is -2.18. The molecule has 0 atom stereocenters. The number of rotatable bonds is 4. The van der Waals surface area contributed by atoms with Crippen LogP contribution >= 0.6 is 15.9 Å². The second kappa shape index (κ2) is 5.54. The Bertz CT molecular complexity index is 791. The summed E-state index contributed by atoms with van der Waals surface area (Å²) in [6, 6.07) is 15.0. The maximum Gasteiger partial charge on any atom is 0.420 e. The van der Waals surface area contributed by atoms with Gasteiger partial charge in [-0.2, -0.15) is 0 Å². The van der Waals surface area contributed by atoms with Gasteiger partial charge in [0.25, 0.3) is 0 Å². The molecule has 20 heavy (non-hydrogen) atoms. The van der Waals surface area contributed by atoms with Crippen molar-refractivity contribution in [2.75, 3.05) is 6.61 Å². The molecule has 0 radical (unpaired) electrons. The van der Waals surface area contributed by atoms with Gasteiger partial charge in [0.15, 0.2) is 5.58 Å². The fourth-order valence-corrected chi connectivity index (χ4v) is 2.43. The number of ether oxygens (including phenoxy) is 1. The Hall–Kier alpha value is -2.01. The van der Waals surface area contributed by atoms with E-state index in [9.17, 15) is 4.79 Å². The molecule has 0 aliphatic rings. The van der Waals surface area contributed by atoms with Gasteiger partial charge in [0.1, 0.15) is 12.4 Å². The number of benzene rings is 2. The summed E-state index contributed by atoms with van der Waals surface area (Å²) in [5.74, 6) is 0.398.